The molecule has 0 unspecified atom stereocenters. The first-order valence-corrected chi connectivity index (χ1v) is 4.29. The normalized spacial score (nSPS) is 9.93. The van der Waals surface area contributed by atoms with Crippen molar-refractivity contribution in [2.75, 3.05) is 6.61 Å². The van der Waals surface area contributed by atoms with Gasteiger partial charge in [0.1, 0.15) is 0 Å². The molecular weight excluding hydrogens is 211 g/mol. The number of aromatic carboxylic acids is 1. The van der Waals surface area contributed by atoms with Gasteiger partial charge in [-0.1, -0.05) is 11.6 Å². The van der Waals surface area contributed by atoms with Crippen LogP contribution in [-0.4, -0.2) is 17.7 Å². The van der Waals surface area contributed by atoms with Gasteiger partial charge in [0.2, 0.25) is 0 Å². The van der Waals surface area contributed by atoms with E-state index in [9.17, 15) is 9.18 Å². The third-order valence-electron chi connectivity index (χ3n) is 1.53. The Labute approximate surface area is 85.1 Å². The fraction of sp³-hybridized carbons (Fsp3) is 0.222. The highest BCUT2D eigenvalue weighted by Crippen LogP contribution is 2.29. The van der Waals surface area contributed by atoms with E-state index in [1.807, 2.05) is 0 Å². The van der Waals surface area contributed by atoms with Crippen molar-refractivity contribution in [2.45, 2.75) is 6.92 Å². The van der Waals surface area contributed by atoms with Crippen molar-refractivity contribution in [1.82, 2.24) is 0 Å². The minimum absolute atomic E-state index is 0.0377. The number of halogens is 2. The van der Waals surface area contributed by atoms with E-state index in [1.165, 1.54) is 0 Å². The molecule has 0 amide bonds. The summed E-state index contributed by atoms with van der Waals surface area (Å²) in [5.74, 6) is -2.11. The highest BCUT2D eigenvalue weighted by molar-refractivity contribution is 6.32. The van der Waals surface area contributed by atoms with E-state index >= 15 is 0 Å². The Hall–Kier alpha value is -1.29. The van der Waals surface area contributed by atoms with E-state index in [1.54, 1.807) is 6.92 Å². The highest BCUT2D eigenvalue weighted by atomic mass is 35.5. The molecule has 0 aromatic heterocycles. The average molecular weight is 219 g/mol. The average Bonchev–Trinajstić information content (AvgIpc) is 2.10. The van der Waals surface area contributed by atoms with Crippen LogP contribution >= 0.6 is 11.6 Å². The Kier molecular flexibility index (Phi) is 3.30. The topological polar surface area (TPSA) is 46.5 Å². The van der Waals surface area contributed by atoms with Crippen LogP contribution in [0, 0.1) is 5.82 Å². The van der Waals surface area contributed by atoms with Crippen LogP contribution in [0.4, 0.5) is 4.39 Å². The molecule has 14 heavy (non-hydrogen) atoms. The molecule has 0 atom stereocenters. The molecule has 0 bridgehead atoms. The van der Waals surface area contributed by atoms with Gasteiger partial charge in [-0.3, -0.25) is 0 Å². The molecule has 1 N–H and O–H groups in total. The lowest BCUT2D eigenvalue weighted by molar-refractivity contribution is 0.0696. The van der Waals surface area contributed by atoms with E-state index in [0.29, 0.717) is 0 Å². The molecular formula is C9H8ClFO3. The zero-order valence-corrected chi connectivity index (χ0v) is 8.14. The summed E-state index contributed by atoms with van der Waals surface area (Å²) in [5.41, 5.74) is -0.198. The maximum Gasteiger partial charge on any atom is 0.335 e. The summed E-state index contributed by atoms with van der Waals surface area (Å²) in [7, 11) is 0. The maximum atomic E-state index is 13.2. The number of carboxylic acids is 1. The minimum atomic E-state index is -1.23. The van der Waals surface area contributed by atoms with Gasteiger partial charge in [0.15, 0.2) is 11.6 Å². The van der Waals surface area contributed by atoms with Gasteiger partial charge in [-0.25, -0.2) is 9.18 Å². The van der Waals surface area contributed by atoms with E-state index in [0.717, 1.165) is 12.1 Å². The summed E-state index contributed by atoms with van der Waals surface area (Å²) >= 11 is 5.63. The van der Waals surface area contributed by atoms with E-state index < -0.39 is 11.8 Å². The summed E-state index contributed by atoms with van der Waals surface area (Å²) in [6.45, 7) is 1.95. The molecule has 0 spiro atoms. The highest BCUT2D eigenvalue weighted by Gasteiger charge is 2.13. The number of hydrogen-bond acceptors (Lipinski definition) is 2. The predicted molar refractivity (Wildman–Crippen MR) is 49.5 cm³/mol. The molecule has 5 heteroatoms. The molecule has 0 fully saturated rings. The second kappa shape index (κ2) is 4.28. The van der Waals surface area contributed by atoms with Gasteiger partial charge >= 0.3 is 5.97 Å². The summed E-state index contributed by atoms with van der Waals surface area (Å²) in [5, 5.41) is 8.55. The van der Waals surface area contributed by atoms with Gasteiger partial charge in [-0.15, -0.1) is 0 Å². The number of rotatable bonds is 3. The zero-order chi connectivity index (χ0) is 10.7. The first-order chi connectivity index (χ1) is 6.56. The van der Waals surface area contributed by atoms with Gasteiger partial charge in [0.25, 0.3) is 0 Å². The number of ether oxygens (including phenoxy) is 1. The van der Waals surface area contributed by atoms with Crippen molar-refractivity contribution < 1.29 is 19.0 Å². The zero-order valence-electron chi connectivity index (χ0n) is 7.38. The quantitative estimate of drug-likeness (QED) is 0.848. The summed E-state index contributed by atoms with van der Waals surface area (Å²) < 4.78 is 18.1. The molecule has 76 valence electrons. The molecule has 3 nitrogen and oxygen atoms in total. The van der Waals surface area contributed by atoms with Crippen LogP contribution in [0.15, 0.2) is 12.1 Å². The van der Waals surface area contributed by atoms with Crippen LogP contribution in [-0.2, 0) is 0 Å². The third-order valence-corrected chi connectivity index (χ3v) is 1.81. The Balaban J connectivity index is 3.18. The first kappa shape index (κ1) is 10.8. The Morgan fingerprint density at radius 1 is 1.64 bits per heavy atom. The number of carbonyl (C=O) groups is 1. The van der Waals surface area contributed by atoms with Crippen molar-refractivity contribution in [1.29, 1.82) is 0 Å². The van der Waals surface area contributed by atoms with Crippen molar-refractivity contribution in [3.05, 3.63) is 28.5 Å². The Morgan fingerprint density at radius 3 is 2.71 bits per heavy atom. The van der Waals surface area contributed by atoms with E-state index in [2.05, 4.69) is 0 Å². The maximum absolute atomic E-state index is 13.2. The van der Waals surface area contributed by atoms with Crippen LogP contribution in [0.3, 0.4) is 0 Å². The van der Waals surface area contributed by atoms with Crippen LogP contribution in [0.5, 0.6) is 5.75 Å². The van der Waals surface area contributed by atoms with Crippen LogP contribution in [0.2, 0.25) is 5.02 Å². The third kappa shape index (κ3) is 2.14. The van der Waals surface area contributed by atoms with Crippen LogP contribution in [0.25, 0.3) is 0 Å². The molecule has 0 heterocycles. The summed E-state index contributed by atoms with van der Waals surface area (Å²) in [4.78, 5) is 10.5. The fourth-order valence-corrected chi connectivity index (χ4v) is 1.23. The fourth-order valence-electron chi connectivity index (χ4n) is 0.966. The van der Waals surface area contributed by atoms with Gasteiger partial charge in [0.05, 0.1) is 17.2 Å². The van der Waals surface area contributed by atoms with Crippen molar-refractivity contribution in [3.8, 4) is 5.75 Å². The SMILES string of the molecule is CCOc1c(F)cc(C(=O)O)cc1Cl. The molecule has 0 aliphatic carbocycles. The van der Waals surface area contributed by atoms with Crippen molar-refractivity contribution in [3.63, 3.8) is 0 Å². The Bertz CT molecular complexity index is 342. The number of hydrogen-bond donors (Lipinski definition) is 1. The molecule has 0 saturated carbocycles. The molecule has 0 saturated heterocycles. The monoisotopic (exact) mass is 218 g/mol. The van der Waals surface area contributed by atoms with Crippen LogP contribution < -0.4 is 4.74 Å². The summed E-state index contributed by atoms with van der Waals surface area (Å²) in [6.07, 6.45) is 0. The lowest BCUT2D eigenvalue weighted by atomic mass is 10.2. The molecule has 1 aromatic rings. The smallest absolute Gasteiger partial charge is 0.335 e. The van der Waals surface area contributed by atoms with Gasteiger partial charge in [-0.2, -0.15) is 0 Å². The molecule has 1 aromatic carbocycles. The largest absolute Gasteiger partial charge is 0.489 e. The minimum Gasteiger partial charge on any atom is -0.489 e. The van der Waals surface area contributed by atoms with E-state index in [4.69, 9.17) is 21.4 Å². The van der Waals surface area contributed by atoms with Crippen molar-refractivity contribution >= 4 is 17.6 Å². The lowest BCUT2D eigenvalue weighted by Crippen LogP contribution is -2.01. The number of benzene rings is 1. The van der Waals surface area contributed by atoms with Crippen molar-refractivity contribution in [2.24, 2.45) is 0 Å². The lowest BCUT2D eigenvalue weighted by Gasteiger charge is -2.07. The van der Waals surface area contributed by atoms with Gasteiger partial charge in [-0.05, 0) is 19.1 Å². The summed E-state index contributed by atoms with van der Waals surface area (Å²) in [6, 6.07) is 2.02. The number of carboxylic acid groups (broad SMARTS) is 1. The second-order valence-corrected chi connectivity index (χ2v) is 2.91. The first-order valence-electron chi connectivity index (χ1n) is 3.91. The van der Waals surface area contributed by atoms with Gasteiger partial charge in [0, 0.05) is 0 Å². The molecule has 0 radical (unpaired) electrons. The predicted octanol–water partition coefficient (Wildman–Crippen LogP) is 2.58. The standard InChI is InChI=1S/C9H8ClFO3/c1-2-14-8-6(10)3-5(9(12)13)4-7(8)11/h3-4H,2H2,1H3,(H,12,13). The molecule has 0 aliphatic rings. The molecule has 0 aliphatic heterocycles. The molecule has 1 rings (SSSR count). The van der Waals surface area contributed by atoms with Crippen LogP contribution in [0.1, 0.15) is 17.3 Å². The van der Waals surface area contributed by atoms with E-state index in [-0.39, 0.29) is 22.9 Å². The second-order valence-electron chi connectivity index (χ2n) is 2.51. The van der Waals surface area contributed by atoms with Gasteiger partial charge < -0.3 is 9.84 Å². The Morgan fingerprint density at radius 2 is 2.29 bits per heavy atom.